The Bertz CT molecular complexity index is 196. The number of carbonyl (C=O) groups excluding carboxylic acids is 1. The monoisotopic (exact) mass is 244 g/mol. The number of carbonyl (C=O) groups is 1. The summed E-state index contributed by atoms with van der Waals surface area (Å²) >= 11 is 0. The fourth-order valence-corrected chi connectivity index (χ4v) is 1.30. The highest BCUT2D eigenvalue weighted by atomic mass is 16.5. The molecule has 0 aromatic heterocycles. The van der Waals surface area contributed by atoms with Crippen LogP contribution in [0.5, 0.6) is 0 Å². The van der Waals surface area contributed by atoms with E-state index in [9.17, 15) is 4.79 Å². The van der Waals surface area contributed by atoms with E-state index in [1.807, 2.05) is 13.8 Å². The van der Waals surface area contributed by atoms with Crippen LogP contribution in [0.1, 0.15) is 34.1 Å². The summed E-state index contributed by atoms with van der Waals surface area (Å²) in [7, 11) is 0. The van der Waals surface area contributed by atoms with Gasteiger partial charge in [0.1, 0.15) is 0 Å². The van der Waals surface area contributed by atoms with Crippen LogP contribution in [0.25, 0.3) is 0 Å². The molecule has 0 bridgehead atoms. The van der Waals surface area contributed by atoms with E-state index < -0.39 is 0 Å². The van der Waals surface area contributed by atoms with Gasteiger partial charge < -0.3 is 15.4 Å². The summed E-state index contributed by atoms with van der Waals surface area (Å²) in [5.41, 5.74) is 0. The predicted molar refractivity (Wildman–Crippen MR) is 71.0 cm³/mol. The summed E-state index contributed by atoms with van der Waals surface area (Å²) in [6.07, 6.45) is 1.07. The van der Waals surface area contributed by atoms with E-state index >= 15 is 0 Å². The van der Waals surface area contributed by atoms with E-state index in [4.69, 9.17) is 4.74 Å². The van der Waals surface area contributed by atoms with Crippen LogP contribution in [0, 0.1) is 11.8 Å². The van der Waals surface area contributed by atoms with Gasteiger partial charge in [0.2, 0.25) is 5.91 Å². The average Bonchev–Trinajstić information content (AvgIpc) is 2.29. The number of amides is 1. The zero-order valence-corrected chi connectivity index (χ0v) is 11.7. The fourth-order valence-electron chi connectivity index (χ4n) is 1.30. The summed E-state index contributed by atoms with van der Waals surface area (Å²) in [6.45, 7) is 11.9. The third kappa shape index (κ3) is 10.3. The van der Waals surface area contributed by atoms with Crippen LogP contribution >= 0.6 is 0 Å². The second-order valence-corrected chi connectivity index (χ2v) is 4.79. The van der Waals surface area contributed by atoms with Crippen molar-refractivity contribution in [1.82, 2.24) is 10.6 Å². The maximum atomic E-state index is 11.6. The minimum atomic E-state index is 0.0191. The van der Waals surface area contributed by atoms with Crippen LogP contribution in [0.2, 0.25) is 0 Å². The Morgan fingerprint density at radius 1 is 1.24 bits per heavy atom. The van der Waals surface area contributed by atoms with Gasteiger partial charge in [0.05, 0.1) is 6.61 Å². The van der Waals surface area contributed by atoms with Gasteiger partial charge in [-0.25, -0.2) is 0 Å². The molecule has 0 aliphatic carbocycles. The van der Waals surface area contributed by atoms with Gasteiger partial charge in [0.25, 0.3) is 0 Å². The first kappa shape index (κ1) is 16.4. The summed E-state index contributed by atoms with van der Waals surface area (Å²) in [5, 5.41) is 6.04. The van der Waals surface area contributed by atoms with E-state index in [0.29, 0.717) is 19.1 Å². The predicted octanol–water partition coefficient (Wildman–Crippen LogP) is 1.41. The van der Waals surface area contributed by atoms with Crippen LogP contribution in [0.4, 0.5) is 0 Å². The quantitative estimate of drug-likeness (QED) is 0.571. The third-order valence-corrected chi connectivity index (χ3v) is 2.53. The molecule has 0 aliphatic rings. The molecular formula is C13H28N2O2. The van der Waals surface area contributed by atoms with Gasteiger partial charge in [-0.05, 0) is 18.9 Å². The molecule has 0 saturated heterocycles. The molecule has 0 rings (SSSR count). The molecule has 0 aromatic rings. The van der Waals surface area contributed by atoms with Crippen molar-refractivity contribution in [3.05, 3.63) is 0 Å². The van der Waals surface area contributed by atoms with E-state index in [0.717, 1.165) is 26.1 Å². The molecular weight excluding hydrogens is 216 g/mol. The Labute approximate surface area is 105 Å². The molecule has 0 aromatic carbocycles. The second kappa shape index (κ2) is 10.5. The van der Waals surface area contributed by atoms with Gasteiger partial charge in [-0.2, -0.15) is 0 Å². The highest BCUT2D eigenvalue weighted by Gasteiger charge is 2.10. The van der Waals surface area contributed by atoms with Gasteiger partial charge in [-0.1, -0.05) is 27.7 Å². The van der Waals surface area contributed by atoms with Crippen LogP contribution in [-0.4, -0.2) is 38.8 Å². The van der Waals surface area contributed by atoms with E-state index in [1.54, 1.807) is 0 Å². The molecule has 17 heavy (non-hydrogen) atoms. The minimum Gasteiger partial charge on any atom is -0.380 e. The summed E-state index contributed by atoms with van der Waals surface area (Å²) in [5.74, 6) is 0.786. The summed E-state index contributed by atoms with van der Waals surface area (Å²) in [4.78, 5) is 11.6. The van der Waals surface area contributed by atoms with Crippen molar-refractivity contribution in [2.75, 3.05) is 32.8 Å². The molecule has 2 N–H and O–H groups in total. The molecule has 102 valence electrons. The Morgan fingerprint density at radius 3 is 2.53 bits per heavy atom. The van der Waals surface area contributed by atoms with E-state index in [-0.39, 0.29) is 11.8 Å². The first-order chi connectivity index (χ1) is 8.07. The van der Waals surface area contributed by atoms with Crippen molar-refractivity contribution in [1.29, 1.82) is 0 Å². The molecule has 1 amide bonds. The van der Waals surface area contributed by atoms with E-state index in [1.165, 1.54) is 0 Å². The van der Waals surface area contributed by atoms with Crippen LogP contribution < -0.4 is 10.6 Å². The van der Waals surface area contributed by atoms with Crippen molar-refractivity contribution in [3.63, 3.8) is 0 Å². The maximum Gasteiger partial charge on any atom is 0.224 e. The molecule has 0 heterocycles. The first-order valence-corrected chi connectivity index (χ1v) is 6.64. The maximum absolute atomic E-state index is 11.6. The smallest absolute Gasteiger partial charge is 0.224 e. The summed E-state index contributed by atoms with van der Waals surface area (Å²) in [6, 6.07) is 0. The molecule has 0 radical (unpaired) electrons. The average molecular weight is 244 g/mol. The zero-order valence-electron chi connectivity index (χ0n) is 11.7. The highest BCUT2D eigenvalue weighted by molar-refractivity contribution is 5.78. The van der Waals surface area contributed by atoms with Gasteiger partial charge >= 0.3 is 0 Å². The number of nitrogens with one attached hydrogen (secondary N) is 2. The number of ether oxygens (including phenoxy) is 1. The van der Waals surface area contributed by atoms with Crippen LogP contribution in [0.15, 0.2) is 0 Å². The number of rotatable bonds is 10. The second-order valence-electron chi connectivity index (χ2n) is 4.79. The standard InChI is InChI=1S/C13H28N2O2/c1-5-14-10-12(4)13(16)15-7-9-17-8-6-11(2)3/h11-12,14H,5-10H2,1-4H3,(H,15,16). The van der Waals surface area contributed by atoms with Gasteiger partial charge in [0, 0.05) is 25.6 Å². The van der Waals surface area contributed by atoms with Crippen molar-refractivity contribution in [2.45, 2.75) is 34.1 Å². The SMILES string of the molecule is CCNCC(C)C(=O)NCCOCCC(C)C. The van der Waals surface area contributed by atoms with Crippen molar-refractivity contribution in [2.24, 2.45) is 11.8 Å². The molecule has 1 atom stereocenters. The lowest BCUT2D eigenvalue weighted by Crippen LogP contribution is -2.36. The lowest BCUT2D eigenvalue weighted by molar-refractivity contribution is -0.124. The molecule has 4 heteroatoms. The largest absolute Gasteiger partial charge is 0.380 e. The Balaban J connectivity index is 3.38. The lowest BCUT2D eigenvalue weighted by Gasteiger charge is -2.12. The third-order valence-electron chi connectivity index (χ3n) is 2.53. The van der Waals surface area contributed by atoms with E-state index in [2.05, 4.69) is 24.5 Å². The number of hydrogen-bond acceptors (Lipinski definition) is 3. The minimum absolute atomic E-state index is 0.0191. The highest BCUT2D eigenvalue weighted by Crippen LogP contribution is 1.98. The Morgan fingerprint density at radius 2 is 1.94 bits per heavy atom. The zero-order chi connectivity index (χ0) is 13.1. The molecule has 0 spiro atoms. The summed E-state index contributed by atoms with van der Waals surface area (Å²) < 4.78 is 5.43. The van der Waals surface area contributed by atoms with Crippen LogP contribution in [0.3, 0.4) is 0 Å². The number of hydrogen-bond donors (Lipinski definition) is 2. The Hall–Kier alpha value is -0.610. The molecule has 0 aliphatic heterocycles. The van der Waals surface area contributed by atoms with Gasteiger partial charge in [0.15, 0.2) is 0 Å². The fraction of sp³-hybridized carbons (Fsp3) is 0.923. The first-order valence-electron chi connectivity index (χ1n) is 6.64. The molecule has 4 nitrogen and oxygen atoms in total. The molecule has 0 fully saturated rings. The topological polar surface area (TPSA) is 50.4 Å². The van der Waals surface area contributed by atoms with Gasteiger partial charge in [-0.15, -0.1) is 0 Å². The van der Waals surface area contributed by atoms with Gasteiger partial charge in [-0.3, -0.25) is 4.79 Å². The molecule has 1 unspecified atom stereocenters. The molecule has 0 saturated carbocycles. The van der Waals surface area contributed by atoms with Crippen molar-refractivity contribution < 1.29 is 9.53 Å². The van der Waals surface area contributed by atoms with Crippen molar-refractivity contribution >= 4 is 5.91 Å². The lowest BCUT2D eigenvalue weighted by atomic mass is 10.1. The Kier molecular flexibility index (Phi) is 10.2. The van der Waals surface area contributed by atoms with Crippen LogP contribution in [-0.2, 0) is 9.53 Å². The van der Waals surface area contributed by atoms with Crippen molar-refractivity contribution in [3.8, 4) is 0 Å². The normalized spacial score (nSPS) is 12.8.